The van der Waals surface area contributed by atoms with Crippen LogP contribution in [0, 0.1) is 5.41 Å². The molecule has 4 amide bonds. The number of rotatable bonds is 3. The maximum absolute atomic E-state index is 13.6. The molecule has 3 heterocycles. The second-order valence-electron chi connectivity index (χ2n) is 7.57. The van der Waals surface area contributed by atoms with Crippen molar-refractivity contribution in [1.29, 1.82) is 0 Å². The number of amides is 4. The number of halogens is 1. The number of carbonyl (C=O) groups excluding carboxylic acids is 3. The fourth-order valence-electron chi connectivity index (χ4n) is 4.56. The van der Waals surface area contributed by atoms with Gasteiger partial charge in [0.2, 0.25) is 11.8 Å². The van der Waals surface area contributed by atoms with Crippen LogP contribution in [-0.2, 0) is 20.7 Å². The molecule has 0 saturated carbocycles. The van der Waals surface area contributed by atoms with Gasteiger partial charge in [0.25, 0.3) is 0 Å². The Hall–Kier alpha value is -2.16. The second kappa shape index (κ2) is 7.02. The average Bonchev–Trinajstić information content (AvgIpc) is 2.66. The highest BCUT2D eigenvalue weighted by molar-refractivity contribution is 6.32. The lowest BCUT2D eigenvalue weighted by atomic mass is 9.67. The molecule has 0 unspecified atom stereocenters. The number of fused-ring (bicyclic) bond motifs is 4. The number of methoxy groups -OCH3 is 1. The van der Waals surface area contributed by atoms with Gasteiger partial charge < -0.3 is 14.5 Å². The molecule has 3 aliphatic rings. The van der Waals surface area contributed by atoms with E-state index in [0.717, 1.165) is 22.7 Å². The van der Waals surface area contributed by atoms with E-state index in [1.807, 2.05) is 19.2 Å². The highest BCUT2D eigenvalue weighted by Crippen LogP contribution is 2.47. The number of carbonyl (C=O) groups is 3. The van der Waals surface area contributed by atoms with E-state index in [4.69, 9.17) is 16.3 Å². The average molecular weight is 407 g/mol. The van der Waals surface area contributed by atoms with Crippen LogP contribution in [0.4, 0.5) is 10.5 Å². The van der Waals surface area contributed by atoms with Gasteiger partial charge in [-0.05, 0) is 24.7 Å². The third-order valence-electron chi connectivity index (χ3n) is 6.03. The van der Waals surface area contributed by atoms with Crippen molar-refractivity contribution < 1.29 is 19.1 Å². The van der Waals surface area contributed by atoms with Crippen molar-refractivity contribution in [3.8, 4) is 0 Å². The molecule has 3 aliphatic heterocycles. The number of benzene rings is 1. The molecule has 150 valence electrons. The highest BCUT2D eigenvalue weighted by Gasteiger charge is 2.62. The molecule has 2 saturated heterocycles. The van der Waals surface area contributed by atoms with Gasteiger partial charge in [-0.15, -0.1) is 0 Å². The summed E-state index contributed by atoms with van der Waals surface area (Å²) in [4.78, 5) is 44.5. The summed E-state index contributed by atoms with van der Waals surface area (Å²) in [6.45, 7) is 2.31. The number of hydrogen-bond donors (Lipinski definition) is 1. The van der Waals surface area contributed by atoms with E-state index in [1.165, 1.54) is 7.11 Å². The Bertz CT molecular complexity index is 847. The molecular formula is C19H23ClN4O4. The molecule has 1 aromatic carbocycles. The first-order valence-electron chi connectivity index (χ1n) is 9.29. The Morgan fingerprint density at radius 3 is 2.82 bits per heavy atom. The van der Waals surface area contributed by atoms with Crippen LogP contribution in [0.5, 0.6) is 0 Å². The van der Waals surface area contributed by atoms with Gasteiger partial charge in [0.05, 0.1) is 19.2 Å². The quantitative estimate of drug-likeness (QED) is 0.745. The number of hydrogen-bond acceptors (Lipinski definition) is 6. The number of urea groups is 1. The lowest BCUT2D eigenvalue weighted by Gasteiger charge is -2.55. The van der Waals surface area contributed by atoms with E-state index in [2.05, 4.69) is 15.1 Å². The summed E-state index contributed by atoms with van der Waals surface area (Å²) in [5.41, 5.74) is 0.320. The molecule has 2 fully saturated rings. The molecule has 8 nitrogen and oxygen atoms in total. The lowest BCUT2D eigenvalue weighted by molar-refractivity contribution is -0.154. The van der Waals surface area contributed by atoms with Crippen LogP contribution in [0.2, 0.25) is 5.02 Å². The van der Waals surface area contributed by atoms with Gasteiger partial charge >= 0.3 is 6.03 Å². The van der Waals surface area contributed by atoms with Crippen molar-refractivity contribution in [3.05, 3.63) is 28.8 Å². The van der Waals surface area contributed by atoms with Gasteiger partial charge in [-0.1, -0.05) is 17.7 Å². The normalized spacial score (nSPS) is 27.7. The van der Waals surface area contributed by atoms with Crippen molar-refractivity contribution in [1.82, 2.24) is 15.1 Å². The molecule has 28 heavy (non-hydrogen) atoms. The van der Waals surface area contributed by atoms with E-state index in [0.29, 0.717) is 18.1 Å². The molecular weight excluding hydrogens is 384 g/mol. The van der Waals surface area contributed by atoms with Crippen LogP contribution in [-0.4, -0.2) is 80.6 Å². The molecule has 9 heteroatoms. The third-order valence-corrected chi connectivity index (χ3v) is 6.38. The van der Waals surface area contributed by atoms with Crippen molar-refractivity contribution in [2.45, 2.75) is 12.5 Å². The van der Waals surface area contributed by atoms with Crippen LogP contribution >= 0.6 is 11.6 Å². The van der Waals surface area contributed by atoms with Crippen molar-refractivity contribution >= 4 is 35.1 Å². The smallest absolute Gasteiger partial charge is 0.330 e. The first-order chi connectivity index (χ1) is 13.4. The van der Waals surface area contributed by atoms with E-state index in [9.17, 15) is 14.4 Å². The SMILES string of the molecule is COCCN1C(=O)NC(=O)[C@@]2(Cc3c(Cl)cccc3N3CCN(C)C[C@@H]32)C1=O. The summed E-state index contributed by atoms with van der Waals surface area (Å²) >= 11 is 6.47. The Morgan fingerprint density at radius 1 is 1.29 bits per heavy atom. The zero-order valence-corrected chi connectivity index (χ0v) is 16.7. The van der Waals surface area contributed by atoms with Crippen molar-refractivity contribution in [2.24, 2.45) is 5.41 Å². The number of barbiturate groups is 1. The van der Waals surface area contributed by atoms with Crippen LogP contribution in [0.25, 0.3) is 0 Å². The minimum Gasteiger partial charge on any atom is -0.383 e. The van der Waals surface area contributed by atoms with Crippen molar-refractivity contribution in [3.63, 3.8) is 0 Å². The van der Waals surface area contributed by atoms with Crippen LogP contribution in [0.1, 0.15) is 5.56 Å². The number of nitrogens with one attached hydrogen (secondary N) is 1. The zero-order chi connectivity index (χ0) is 20.1. The molecule has 4 rings (SSSR count). The van der Waals surface area contributed by atoms with Gasteiger partial charge in [0.15, 0.2) is 5.41 Å². The summed E-state index contributed by atoms with van der Waals surface area (Å²) < 4.78 is 5.04. The molecule has 1 aromatic rings. The predicted molar refractivity (Wildman–Crippen MR) is 103 cm³/mol. The molecule has 0 aliphatic carbocycles. The number of likely N-dealkylation sites (N-methyl/N-ethyl adjacent to an activating group) is 1. The fourth-order valence-corrected chi connectivity index (χ4v) is 4.80. The lowest BCUT2D eigenvalue weighted by Crippen LogP contribution is -2.75. The summed E-state index contributed by atoms with van der Waals surface area (Å²) in [6, 6.07) is 4.54. The summed E-state index contributed by atoms with van der Waals surface area (Å²) in [7, 11) is 3.47. The second-order valence-corrected chi connectivity index (χ2v) is 7.97. The minimum atomic E-state index is -1.41. The first-order valence-corrected chi connectivity index (χ1v) is 9.67. The van der Waals surface area contributed by atoms with Crippen LogP contribution in [0.15, 0.2) is 18.2 Å². The number of imide groups is 2. The molecule has 0 radical (unpaired) electrons. The Morgan fingerprint density at radius 2 is 2.07 bits per heavy atom. The van der Waals surface area contributed by atoms with Gasteiger partial charge in [-0.25, -0.2) is 4.79 Å². The maximum Gasteiger partial charge on any atom is 0.330 e. The topological polar surface area (TPSA) is 82.2 Å². The standard InChI is InChI=1S/C19H23ClN4O4/c1-22-6-7-23-14-5-3-4-13(20)12(14)10-19(15(23)11-22)16(25)21-18(27)24(17(19)26)8-9-28-2/h3-5,15H,6-11H2,1-2H3,(H,21,25,27)/t15-,19+/m1/s1. The first kappa shape index (κ1) is 19.2. The van der Waals surface area contributed by atoms with E-state index in [1.54, 1.807) is 6.07 Å². The summed E-state index contributed by atoms with van der Waals surface area (Å²) in [5, 5.41) is 2.93. The monoisotopic (exact) mass is 406 g/mol. The highest BCUT2D eigenvalue weighted by atomic mass is 35.5. The Labute approximate surface area is 168 Å². The maximum atomic E-state index is 13.6. The van der Waals surface area contributed by atoms with Crippen LogP contribution in [0.3, 0.4) is 0 Å². The van der Waals surface area contributed by atoms with Crippen LogP contribution < -0.4 is 10.2 Å². The summed E-state index contributed by atoms with van der Waals surface area (Å²) in [6.07, 6.45) is 0.165. The fraction of sp³-hybridized carbons (Fsp3) is 0.526. The van der Waals surface area contributed by atoms with Gasteiger partial charge in [0.1, 0.15) is 0 Å². The number of anilines is 1. The molecule has 1 N–H and O–H groups in total. The number of nitrogens with zero attached hydrogens (tertiary/aromatic N) is 3. The van der Waals surface area contributed by atoms with Gasteiger partial charge in [-0.3, -0.25) is 19.8 Å². The zero-order valence-electron chi connectivity index (χ0n) is 15.9. The Balaban J connectivity index is 1.85. The molecule has 0 bridgehead atoms. The predicted octanol–water partition coefficient (Wildman–Crippen LogP) is 0.728. The summed E-state index contributed by atoms with van der Waals surface area (Å²) in [5.74, 6) is -1.03. The minimum absolute atomic E-state index is 0.0914. The Kier molecular flexibility index (Phi) is 4.81. The van der Waals surface area contributed by atoms with Gasteiger partial charge in [0, 0.05) is 43.9 Å². The molecule has 2 atom stereocenters. The molecule has 0 aromatic heterocycles. The number of piperazine rings is 1. The van der Waals surface area contributed by atoms with E-state index >= 15 is 0 Å². The van der Waals surface area contributed by atoms with Crippen molar-refractivity contribution in [2.75, 3.05) is 51.8 Å². The number of ether oxygens (including phenoxy) is 1. The third kappa shape index (κ3) is 2.70. The van der Waals surface area contributed by atoms with E-state index < -0.39 is 23.3 Å². The van der Waals surface area contributed by atoms with E-state index in [-0.39, 0.29) is 25.6 Å². The van der Waals surface area contributed by atoms with Gasteiger partial charge in [-0.2, -0.15) is 0 Å². The largest absolute Gasteiger partial charge is 0.383 e. The molecule has 1 spiro atoms.